The average molecular weight is 343 g/mol. The zero-order valence-corrected chi connectivity index (χ0v) is 14.8. The summed E-state index contributed by atoms with van der Waals surface area (Å²) in [6.07, 6.45) is 0.228. The van der Waals surface area contributed by atoms with E-state index in [-0.39, 0.29) is 30.3 Å². The number of β-amino-alcohol motifs (C(OH)–C–C–N with tert-alkyl or cyclic N) is 1. The van der Waals surface area contributed by atoms with Crippen LogP contribution in [-0.2, 0) is 11.2 Å². The van der Waals surface area contributed by atoms with Gasteiger partial charge in [0.25, 0.3) is 0 Å². The Morgan fingerprint density at radius 1 is 1.39 bits per heavy atom. The van der Waals surface area contributed by atoms with Crippen molar-refractivity contribution in [1.29, 1.82) is 0 Å². The van der Waals surface area contributed by atoms with Gasteiger partial charge in [0, 0.05) is 31.0 Å². The predicted molar refractivity (Wildman–Crippen MR) is 93.1 cm³/mol. The summed E-state index contributed by atoms with van der Waals surface area (Å²) in [7, 11) is 1.64. The predicted octanol–water partition coefficient (Wildman–Crippen LogP) is 1.38. The SMILES string of the molecule is COc1ccccc1CC(C)(C)C(=O)NCC1CNCC1O.Cl. The van der Waals surface area contributed by atoms with Crippen molar-refractivity contribution < 1.29 is 14.6 Å². The number of methoxy groups -OCH3 is 1. The first-order valence-electron chi connectivity index (χ1n) is 7.73. The molecule has 1 amide bonds. The molecule has 1 aliphatic rings. The Labute approximate surface area is 144 Å². The Morgan fingerprint density at radius 2 is 2.09 bits per heavy atom. The summed E-state index contributed by atoms with van der Waals surface area (Å²) in [5.74, 6) is 0.891. The van der Waals surface area contributed by atoms with Gasteiger partial charge in [0.2, 0.25) is 5.91 Å². The summed E-state index contributed by atoms with van der Waals surface area (Å²) in [6.45, 7) is 5.71. The van der Waals surface area contributed by atoms with Gasteiger partial charge in [-0.2, -0.15) is 0 Å². The van der Waals surface area contributed by atoms with Gasteiger partial charge in [-0.05, 0) is 18.1 Å². The highest BCUT2D eigenvalue weighted by molar-refractivity contribution is 5.85. The Kier molecular flexibility index (Phi) is 7.32. The van der Waals surface area contributed by atoms with E-state index in [1.807, 2.05) is 38.1 Å². The molecule has 5 nitrogen and oxygen atoms in total. The summed E-state index contributed by atoms with van der Waals surface area (Å²) < 4.78 is 5.35. The van der Waals surface area contributed by atoms with Crippen molar-refractivity contribution in [3.63, 3.8) is 0 Å². The van der Waals surface area contributed by atoms with Gasteiger partial charge in [0.1, 0.15) is 5.75 Å². The van der Waals surface area contributed by atoms with E-state index in [0.29, 0.717) is 19.5 Å². The van der Waals surface area contributed by atoms with E-state index >= 15 is 0 Å². The monoisotopic (exact) mass is 342 g/mol. The molecule has 1 fully saturated rings. The Hall–Kier alpha value is -1.30. The van der Waals surface area contributed by atoms with Crippen molar-refractivity contribution in [3.8, 4) is 5.75 Å². The minimum Gasteiger partial charge on any atom is -0.496 e. The van der Waals surface area contributed by atoms with Crippen LogP contribution in [0.3, 0.4) is 0 Å². The summed E-state index contributed by atoms with van der Waals surface area (Å²) in [6, 6.07) is 7.76. The minimum atomic E-state index is -0.536. The number of amides is 1. The summed E-state index contributed by atoms with van der Waals surface area (Å²) in [5, 5.41) is 15.9. The number of hydrogen-bond donors (Lipinski definition) is 3. The van der Waals surface area contributed by atoms with E-state index in [1.54, 1.807) is 7.11 Å². The van der Waals surface area contributed by atoms with E-state index in [9.17, 15) is 9.90 Å². The minimum absolute atomic E-state index is 0. The standard InChI is InChI=1S/C17H26N2O3.ClH/c1-17(2,8-12-6-4-5-7-15(12)22-3)16(21)19-10-13-9-18-11-14(13)20;/h4-7,13-14,18,20H,8-11H2,1-3H3,(H,19,21);1H. The van der Waals surface area contributed by atoms with Crippen LogP contribution in [-0.4, -0.2) is 43.9 Å². The topological polar surface area (TPSA) is 70.6 Å². The number of para-hydroxylation sites is 1. The molecule has 1 aromatic carbocycles. The molecule has 1 aromatic rings. The molecule has 0 aliphatic carbocycles. The molecule has 0 spiro atoms. The molecule has 2 unspecified atom stereocenters. The molecule has 130 valence electrons. The van der Waals surface area contributed by atoms with Crippen molar-refractivity contribution in [2.45, 2.75) is 26.4 Å². The van der Waals surface area contributed by atoms with Gasteiger partial charge in [-0.15, -0.1) is 12.4 Å². The molecule has 0 bridgehead atoms. The van der Waals surface area contributed by atoms with Gasteiger partial charge < -0.3 is 20.5 Å². The molecule has 2 rings (SSSR count). The number of aliphatic hydroxyl groups excluding tert-OH is 1. The third-order valence-corrected chi connectivity index (χ3v) is 4.27. The second kappa shape index (κ2) is 8.52. The van der Waals surface area contributed by atoms with Crippen LogP contribution >= 0.6 is 12.4 Å². The normalized spacial score (nSPS) is 20.7. The maximum absolute atomic E-state index is 12.5. The van der Waals surface area contributed by atoms with Crippen LogP contribution in [0.5, 0.6) is 5.75 Å². The molecule has 0 radical (unpaired) electrons. The fourth-order valence-corrected chi connectivity index (χ4v) is 2.80. The van der Waals surface area contributed by atoms with Gasteiger partial charge in [-0.1, -0.05) is 32.0 Å². The molecule has 0 saturated carbocycles. The van der Waals surface area contributed by atoms with Crippen molar-refractivity contribution in [2.24, 2.45) is 11.3 Å². The molecule has 1 saturated heterocycles. The zero-order chi connectivity index (χ0) is 16.2. The molecule has 23 heavy (non-hydrogen) atoms. The number of nitrogens with one attached hydrogen (secondary N) is 2. The highest BCUT2D eigenvalue weighted by atomic mass is 35.5. The third-order valence-electron chi connectivity index (χ3n) is 4.27. The number of carbonyl (C=O) groups is 1. The van der Waals surface area contributed by atoms with E-state index in [4.69, 9.17) is 4.74 Å². The Bertz CT molecular complexity index is 522. The maximum Gasteiger partial charge on any atom is 0.226 e. The number of benzene rings is 1. The average Bonchev–Trinajstić information content (AvgIpc) is 2.90. The van der Waals surface area contributed by atoms with E-state index in [0.717, 1.165) is 17.9 Å². The number of hydrogen-bond acceptors (Lipinski definition) is 4. The number of aliphatic hydroxyl groups is 1. The zero-order valence-electron chi connectivity index (χ0n) is 14.0. The molecule has 1 aliphatic heterocycles. The van der Waals surface area contributed by atoms with Crippen LogP contribution in [0.25, 0.3) is 0 Å². The fourth-order valence-electron chi connectivity index (χ4n) is 2.80. The van der Waals surface area contributed by atoms with Gasteiger partial charge in [-0.25, -0.2) is 0 Å². The smallest absolute Gasteiger partial charge is 0.226 e. The lowest BCUT2D eigenvalue weighted by Crippen LogP contribution is -2.42. The first kappa shape index (κ1) is 19.7. The maximum atomic E-state index is 12.5. The lowest BCUT2D eigenvalue weighted by atomic mass is 9.84. The highest BCUT2D eigenvalue weighted by Gasteiger charge is 2.31. The largest absolute Gasteiger partial charge is 0.496 e. The summed E-state index contributed by atoms with van der Waals surface area (Å²) >= 11 is 0. The second-order valence-electron chi connectivity index (χ2n) is 6.57. The van der Waals surface area contributed by atoms with E-state index in [2.05, 4.69) is 10.6 Å². The van der Waals surface area contributed by atoms with E-state index < -0.39 is 5.41 Å². The molecule has 1 heterocycles. The molecular weight excluding hydrogens is 316 g/mol. The first-order chi connectivity index (χ1) is 10.4. The Balaban J connectivity index is 0.00000264. The number of carbonyl (C=O) groups excluding carboxylic acids is 1. The van der Waals surface area contributed by atoms with Crippen molar-refractivity contribution >= 4 is 18.3 Å². The summed E-state index contributed by atoms with van der Waals surface area (Å²) in [5.41, 5.74) is 0.485. The third kappa shape index (κ3) is 5.09. The van der Waals surface area contributed by atoms with Crippen LogP contribution in [0, 0.1) is 11.3 Å². The second-order valence-corrected chi connectivity index (χ2v) is 6.57. The lowest BCUT2D eigenvalue weighted by molar-refractivity contribution is -0.129. The van der Waals surface area contributed by atoms with Crippen molar-refractivity contribution in [2.75, 3.05) is 26.7 Å². The van der Waals surface area contributed by atoms with Gasteiger partial charge >= 0.3 is 0 Å². The first-order valence-corrected chi connectivity index (χ1v) is 7.73. The van der Waals surface area contributed by atoms with Crippen LogP contribution in [0.1, 0.15) is 19.4 Å². The van der Waals surface area contributed by atoms with Gasteiger partial charge in [-0.3, -0.25) is 4.79 Å². The molecular formula is C17H27ClN2O3. The molecule has 2 atom stereocenters. The quantitative estimate of drug-likeness (QED) is 0.730. The number of ether oxygens (including phenoxy) is 1. The lowest BCUT2D eigenvalue weighted by Gasteiger charge is -2.26. The fraction of sp³-hybridized carbons (Fsp3) is 0.588. The van der Waals surface area contributed by atoms with E-state index in [1.165, 1.54) is 0 Å². The van der Waals surface area contributed by atoms with Gasteiger partial charge in [0.15, 0.2) is 0 Å². The molecule has 6 heteroatoms. The van der Waals surface area contributed by atoms with Crippen LogP contribution < -0.4 is 15.4 Å². The Morgan fingerprint density at radius 3 is 2.70 bits per heavy atom. The van der Waals surface area contributed by atoms with Crippen LogP contribution in [0.2, 0.25) is 0 Å². The van der Waals surface area contributed by atoms with Crippen molar-refractivity contribution in [1.82, 2.24) is 10.6 Å². The summed E-state index contributed by atoms with van der Waals surface area (Å²) in [4.78, 5) is 12.5. The molecule has 0 aromatic heterocycles. The molecule has 3 N–H and O–H groups in total. The number of halogens is 1. The highest BCUT2D eigenvalue weighted by Crippen LogP contribution is 2.28. The van der Waals surface area contributed by atoms with Crippen molar-refractivity contribution in [3.05, 3.63) is 29.8 Å². The van der Waals surface area contributed by atoms with Gasteiger partial charge in [0.05, 0.1) is 13.2 Å². The van der Waals surface area contributed by atoms with Crippen LogP contribution in [0.15, 0.2) is 24.3 Å². The van der Waals surface area contributed by atoms with Crippen LogP contribution in [0.4, 0.5) is 0 Å². The number of rotatable bonds is 6.